The number of nitrogens with zero attached hydrogens (tertiary/aromatic N) is 1. The van der Waals surface area contributed by atoms with E-state index < -0.39 is 11.9 Å². The van der Waals surface area contributed by atoms with Gasteiger partial charge in [0.1, 0.15) is 17.0 Å². The number of hydrazone groups is 1. The SMILES string of the molecule is CCc1cccc2c(-c3ccccc3)c(C(=O)NN=Cc3cc(Br)cc(Br)c3OC(=O)c3cc(Cl)ccc3OC)[nH]c12. The van der Waals surface area contributed by atoms with E-state index in [1.165, 1.54) is 19.4 Å². The van der Waals surface area contributed by atoms with E-state index in [4.69, 9.17) is 21.1 Å². The van der Waals surface area contributed by atoms with Crippen molar-refractivity contribution >= 4 is 72.5 Å². The van der Waals surface area contributed by atoms with Crippen molar-refractivity contribution in [2.75, 3.05) is 7.11 Å². The van der Waals surface area contributed by atoms with Crippen LogP contribution in [-0.4, -0.2) is 30.2 Å². The van der Waals surface area contributed by atoms with Crippen molar-refractivity contribution in [2.45, 2.75) is 13.3 Å². The fourth-order valence-corrected chi connectivity index (χ4v) is 6.15. The second-order valence-electron chi connectivity index (χ2n) is 9.17. The Morgan fingerprint density at radius 2 is 1.81 bits per heavy atom. The van der Waals surface area contributed by atoms with Gasteiger partial charge < -0.3 is 14.5 Å². The Balaban J connectivity index is 1.46. The second kappa shape index (κ2) is 12.9. The zero-order valence-corrected chi connectivity index (χ0v) is 26.4. The normalized spacial score (nSPS) is 11.2. The average molecular weight is 710 g/mol. The van der Waals surface area contributed by atoms with Crippen molar-refractivity contribution < 1.29 is 19.1 Å². The second-order valence-corrected chi connectivity index (χ2v) is 11.4. The minimum Gasteiger partial charge on any atom is -0.496 e. The number of aromatic nitrogens is 1. The number of rotatable bonds is 8. The fraction of sp³-hybridized carbons (Fsp3) is 0.0938. The maximum atomic E-state index is 13.5. The summed E-state index contributed by atoms with van der Waals surface area (Å²) in [5, 5.41) is 5.53. The smallest absolute Gasteiger partial charge is 0.347 e. The summed E-state index contributed by atoms with van der Waals surface area (Å²) in [5.74, 6) is -0.571. The summed E-state index contributed by atoms with van der Waals surface area (Å²) in [4.78, 5) is 29.9. The minimum absolute atomic E-state index is 0.162. The van der Waals surface area contributed by atoms with Crippen LogP contribution in [0.1, 0.15) is 38.9 Å². The van der Waals surface area contributed by atoms with Gasteiger partial charge in [-0.2, -0.15) is 5.10 Å². The number of benzene rings is 4. The maximum Gasteiger partial charge on any atom is 0.347 e. The molecule has 10 heteroatoms. The van der Waals surface area contributed by atoms with Crippen LogP contribution in [0.5, 0.6) is 11.5 Å². The van der Waals surface area contributed by atoms with E-state index in [1.807, 2.05) is 48.5 Å². The average Bonchev–Trinajstić information content (AvgIpc) is 3.39. The molecule has 0 saturated heterocycles. The molecule has 0 radical (unpaired) electrons. The number of hydrogen-bond acceptors (Lipinski definition) is 5. The number of halogens is 3. The molecule has 0 aliphatic carbocycles. The van der Waals surface area contributed by atoms with Gasteiger partial charge in [0.15, 0.2) is 5.75 Å². The van der Waals surface area contributed by atoms with Crippen LogP contribution in [0.3, 0.4) is 0 Å². The van der Waals surface area contributed by atoms with Gasteiger partial charge in [-0.1, -0.05) is 83.0 Å². The largest absolute Gasteiger partial charge is 0.496 e. The Hall–Kier alpha value is -3.92. The molecule has 0 aliphatic rings. The van der Waals surface area contributed by atoms with E-state index in [0.717, 1.165) is 34.0 Å². The molecule has 1 heterocycles. The summed E-state index contributed by atoms with van der Waals surface area (Å²) in [6.45, 7) is 2.07. The summed E-state index contributed by atoms with van der Waals surface area (Å²) in [6.07, 6.45) is 2.22. The number of ether oxygens (including phenoxy) is 2. The van der Waals surface area contributed by atoms with E-state index in [9.17, 15) is 9.59 Å². The summed E-state index contributed by atoms with van der Waals surface area (Å²) in [6, 6.07) is 23.9. The van der Waals surface area contributed by atoms with Gasteiger partial charge in [0.05, 0.1) is 17.8 Å². The molecule has 4 aromatic carbocycles. The van der Waals surface area contributed by atoms with Gasteiger partial charge in [-0.15, -0.1) is 0 Å². The Bertz CT molecular complexity index is 1840. The maximum absolute atomic E-state index is 13.5. The highest BCUT2D eigenvalue weighted by molar-refractivity contribution is 9.11. The number of H-pyrrole nitrogens is 1. The number of aryl methyl sites for hydroxylation is 1. The quantitative estimate of drug-likeness (QED) is 0.0731. The Kier molecular flexibility index (Phi) is 9.11. The molecule has 1 amide bonds. The third-order valence-electron chi connectivity index (χ3n) is 6.57. The monoisotopic (exact) mass is 707 g/mol. The highest BCUT2D eigenvalue weighted by atomic mass is 79.9. The molecular formula is C32H24Br2ClN3O4. The van der Waals surface area contributed by atoms with Gasteiger partial charge >= 0.3 is 5.97 Å². The molecule has 0 aliphatic heterocycles. The zero-order chi connectivity index (χ0) is 29.8. The molecule has 42 heavy (non-hydrogen) atoms. The first-order chi connectivity index (χ1) is 20.3. The number of para-hydroxylation sites is 1. The van der Waals surface area contributed by atoms with Gasteiger partial charge in [0, 0.05) is 31.5 Å². The van der Waals surface area contributed by atoms with Gasteiger partial charge in [-0.05, 0) is 63.8 Å². The lowest BCUT2D eigenvalue weighted by Gasteiger charge is -2.12. The number of aromatic amines is 1. The number of carbonyl (C=O) groups excluding carboxylic acids is 2. The molecule has 5 rings (SSSR count). The lowest BCUT2D eigenvalue weighted by molar-refractivity contribution is 0.0729. The number of esters is 1. The Morgan fingerprint density at radius 3 is 2.55 bits per heavy atom. The topological polar surface area (TPSA) is 92.8 Å². The third kappa shape index (κ3) is 6.13. The third-order valence-corrected chi connectivity index (χ3v) is 7.86. The lowest BCUT2D eigenvalue weighted by Crippen LogP contribution is -2.19. The van der Waals surface area contributed by atoms with E-state index >= 15 is 0 Å². The van der Waals surface area contributed by atoms with Crippen molar-refractivity contribution in [1.29, 1.82) is 0 Å². The predicted octanol–water partition coefficient (Wildman–Crippen LogP) is 8.57. The molecule has 2 N–H and O–H groups in total. The molecule has 0 unspecified atom stereocenters. The van der Waals surface area contributed by atoms with Gasteiger partial charge in [-0.3, -0.25) is 4.79 Å². The number of carbonyl (C=O) groups is 2. The first-order valence-corrected chi connectivity index (χ1v) is 14.8. The molecule has 212 valence electrons. The molecule has 5 aromatic rings. The fourth-order valence-electron chi connectivity index (χ4n) is 4.64. The van der Waals surface area contributed by atoms with E-state index in [2.05, 4.69) is 54.3 Å². The molecule has 0 fully saturated rings. The van der Waals surface area contributed by atoms with Crippen molar-refractivity contribution in [3.8, 4) is 22.6 Å². The van der Waals surface area contributed by atoms with Crippen LogP contribution < -0.4 is 14.9 Å². The Morgan fingerprint density at radius 1 is 1.02 bits per heavy atom. The van der Waals surface area contributed by atoms with Crippen LogP contribution in [-0.2, 0) is 6.42 Å². The molecule has 0 atom stereocenters. The predicted molar refractivity (Wildman–Crippen MR) is 173 cm³/mol. The van der Waals surface area contributed by atoms with Crippen molar-refractivity contribution in [1.82, 2.24) is 10.4 Å². The summed E-state index contributed by atoms with van der Waals surface area (Å²) < 4.78 is 12.2. The number of fused-ring (bicyclic) bond motifs is 1. The van der Waals surface area contributed by atoms with Crippen LogP contribution in [0, 0.1) is 0 Å². The molecule has 0 spiro atoms. The van der Waals surface area contributed by atoms with Crippen LogP contribution in [0.2, 0.25) is 5.02 Å². The van der Waals surface area contributed by atoms with Crippen LogP contribution in [0.15, 0.2) is 92.9 Å². The van der Waals surface area contributed by atoms with Crippen molar-refractivity contribution in [3.05, 3.63) is 115 Å². The number of nitrogens with one attached hydrogen (secondary N) is 2. The van der Waals surface area contributed by atoms with Crippen LogP contribution in [0.25, 0.3) is 22.0 Å². The summed E-state index contributed by atoms with van der Waals surface area (Å²) in [5.41, 5.74) is 7.33. The number of hydrogen-bond donors (Lipinski definition) is 2. The first kappa shape index (κ1) is 29.6. The summed E-state index contributed by atoms with van der Waals surface area (Å²) in [7, 11) is 1.45. The summed E-state index contributed by atoms with van der Waals surface area (Å²) >= 11 is 13.0. The van der Waals surface area contributed by atoms with Gasteiger partial charge in [-0.25, -0.2) is 10.2 Å². The first-order valence-electron chi connectivity index (χ1n) is 12.9. The lowest BCUT2D eigenvalue weighted by atomic mass is 10.00. The molecule has 7 nitrogen and oxygen atoms in total. The molecule has 0 saturated carbocycles. The van der Waals surface area contributed by atoms with E-state index in [-0.39, 0.29) is 11.3 Å². The minimum atomic E-state index is -0.673. The molecule has 0 bridgehead atoms. The molecular weight excluding hydrogens is 686 g/mol. The Labute approximate surface area is 264 Å². The van der Waals surface area contributed by atoms with Crippen LogP contribution >= 0.6 is 43.5 Å². The van der Waals surface area contributed by atoms with E-state index in [0.29, 0.717) is 31.0 Å². The highest BCUT2D eigenvalue weighted by Gasteiger charge is 2.21. The van der Waals surface area contributed by atoms with Crippen LogP contribution in [0.4, 0.5) is 0 Å². The van der Waals surface area contributed by atoms with Gasteiger partial charge in [0.25, 0.3) is 5.91 Å². The standard InChI is InChI=1S/C32H24Br2ClN3O4/c1-3-18-10-7-11-23-27(19-8-5-4-6-9-19)29(37-28(18)23)31(39)38-36-17-20-14-21(33)15-25(34)30(20)42-32(40)24-16-22(35)12-13-26(24)41-2/h4-17,37H,3H2,1-2H3,(H,38,39). The van der Waals surface area contributed by atoms with Crippen molar-refractivity contribution in [3.63, 3.8) is 0 Å². The number of amides is 1. The zero-order valence-electron chi connectivity index (χ0n) is 22.5. The number of methoxy groups -OCH3 is 1. The van der Waals surface area contributed by atoms with Gasteiger partial charge in [0.2, 0.25) is 0 Å². The van der Waals surface area contributed by atoms with Crippen molar-refractivity contribution in [2.24, 2.45) is 5.10 Å². The highest BCUT2D eigenvalue weighted by Crippen LogP contribution is 2.35. The molecule has 1 aromatic heterocycles. The van der Waals surface area contributed by atoms with E-state index in [1.54, 1.807) is 24.3 Å².